The predicted octanol–water partition coefficient (Wildman–Crippen LogP) is 3.17. The lowest BCUT2D eigenvalue weighted by Crippen LogP contribution is -2.28. The first-order valence-electron chi connectivity index (χ1n) is 8.50. The summed E-state index contributed by atoms with van der Waals surface area (Å²) in [5.74, 6) is 0.420. The normalized spacial score (nSPS) is 14.0. The Morgan fingerprint density at radius 1 is 1.26 bits per heavy atom. The average molecular weight is 453 g/mol. The van der Waals surface area contributed by atoms with Gasteiger partial charge in [0, 0.05) is 35.2 Å². The van der Waals surface area contributed by atoms with Crippen molar-refractivity contribution in [3.63, 3.8) is 0 Å². The van der Waals surface area contributed by atoms with E-state index in [0.29, 0.717) is 17.9 Å². The molecule has 2 aromatic rings. The number of sulfonamides is 1. The average Bonchev–Trinajstić information content (AvgIpc) is 3.44. The van der Waals surface area contributed by atoms with Gasteiger partial charge < -0.3 is 9.64 Å². The third-order valence-electron chi connectivity index (χ3n) is 4.29. The molecule has 27 heavy (non-hydrogen) atoms. The first kappa shape index (κ1) is 19.9. The molecule has 3 rings (SSSR count). The number of nitrogens with zero attached hydrogens (tertiary/aromatic N) is 1. The van der Waals surface area contributed by atoms with Crippen LogP contribution in [0, 0.1) is 0 Å². The van der Waals surface area contributed by atoms with Crippen LogP contribution < -0.4 is 9.46 Å². The second kappa shape index (κ2) is 8.00. The van der Waals surface area contributed by atoms with E-state index < -0.39 is 10.0 Å². The summed E-state index contributed by atoms with van der Waals surface area (Å²) in [6.07, 6.45) is 1.71. The minimum Gasteiger partial charge on any atom is -0.496 e. The fraction of sp³-hybridized carbons (Fsp3) is 0.316. The highest BCUT2D eigenvalue weighted by molar-refractivity contribution is 9.10. The third kappa shape index (κ3) is 4.88. The topological polar surface area (TPSA) is 75.7 Å². The second-order valence-electron chi connectivity index (χ2n) is 6.54. The van der Waals surface area contributed by atoms with Gasteiger partial charge in [-0.15, -0.1) is 0 Å². The van der Waals surface area contributed by atoms with E-state index in [2.05, 4.69) is 20.7 Å². The maximum absolute atomic E-state index is 12.8. The second-order valence-corrected chi connectivity index (χ2v) is 9.17. The number of amides is 1. The van der Waals surface area contributed by atoms with Crippen LogP contribution in [0.25, 0.3) is 0 Å². The molecule has 0 radical (unpaired) electrons. The van der Waals surface area contributed by atoms with Gasteiger partial charge in [0.15, 0.2) is 0 Å². The minimum atomic E-state index is -3.60. The number of ether oxygens (including phenoxy) is 1. The fourth-order valence-corrected chi connectivity index (χ4v) is 4.46. The molecule has 0 unspecified atom stereocenters. The van der Waals surface area contributed by atoms with Gasteiger partial charge in [-0.2, -0.15) is 0 Å². The van der Waals surface area contributed by atoms with Crippen molar-refractivity contribution in [3.8, 4) is 5.75 Å². The molecule has 0 aliphatic heterocycles. The van der Waals surface area contributed by atoms with Gasteiger partial charge in [-0.25, -0.2) is 13.1 Å². The van der Waals surface area contributed by atoms with E-state index in [1.807, 2.05) is 18.2 Å². The number of carbonyl (C=O) groups is 1. The Morgan fingerprint density at radius 2 is 2.00 bits per heavy atom. The van der Waals surface area contributed by atoms with Crippen molar-refractivity contribution in [2.45, 2.75) is 30.3 Å². The summed E-state index contributed by atoms with van der Waals surface area (Å²) in [6, 6.07) is 11.7. The van der Waals surface area contributed by atoms with Crippen LogP contribution in [0.1, 0.15) is 28.8 Å². The lowest BCUT2D eigenvalue weighted by Gasteiger charge is -2.19. The van der Waals surface area contributed by atoms with Crippen molar-refractivity contribution >= 4 is 31.9 Å². The highest BCUT2D eigenvalue weighted by atomic mass is 79.9. The van der Waals surface area contributed by atoms with Crippen molar-refractivity contribution in [2.24, 2.45) is 0 Å². The van der Waals surface area contributed by atoms with Crippen molar-refractivity contribution in [1.29, 1.82) is 0 Å². The number of hydrogen-bond acceptors (Lipinski definition) is 4. The molecular formula is C19H21BrN2O4S. The first-order valence-corrected chi connectivity index (χ1v) is 10.8. The molecule has 0 saturated heterocycles. The Bertz CT molecular complexity index is 958. The lowest BCUT2D eigenvalue weighted by atomic mass is 10.1. The Morgan fingerprint density at radius 3 is 2.67 bits per heavy atom. The number of methoxy groups -OCH3 is 1. The summed E-state index contributed by atoms with van der Waals surface area (Å²) < 4.78 is 33.6. The summed E-state index contributed by atoms with van der Waals surface area (Å²) in [5.41, 5.74) is 1.17. The van der Waals surface area contributed by atoms with Crippen LogP contribution in [-0.2, 0) is 16.6 Å². The number of nitrogens with one attached hydrogen (secondary N) is 1. The molecule has 1 aliphatic carbocycles. The molecule has 8 heteroatoms. The van der Waals surface area contributed by atoms with Crippen molar-refractivity contribution in [2.75, 3.05) is 14.2 Å². The highest BCUT2D eigenvalue weighted by Crippen LogP contribution is 2.25. The van der Waals surface area contributed by atoms with Gasteiger partial charge in [-0.05, 0) is 49.2 Å². The SMILES string of the molecule is COc1ccc(Br)cc1CN(C)C(=O)c1cccc(S(=O)(=O)NC2CC2)c1. The van der Waals surface area contributed by atoms with Crippen LogP contribution in [0.3, 0.4) is 0 Å². The molecule has 1 aliphatic rings. The van der Waals surface area contributed by atoms with Crippen molar-refractivity contribution in [3.05, 3.63) is 58.1 Å². The highest BCUT2D eigenvalue weighted by Gasteiger charge is 2.28. The smallest absolute Gasteiger partial charge is 0.253 e. The lowest BCUT2D eigenvalue weighted by molar-refractivity contribution is 0.0784. The summed E-state index contributed by atoms with van der Waals surface area (Å²) in [5, 5.41) is 0. The van der Waals surface area contributed by atoms with Crippen LogP contribution >= 0.6 is 15.9 Å². The number of halogens is 1. The molecule has 1 fully saturated rings. The van der Waals surface area contributed by atoms with E-state index in [0.717, 1.165) is 22.9 Å². The Balaban J connectivity index is 1.79. The van der Waals surface area contributed by atoms with E-state index >= 15 is 0 Å². The summed E-state index contributed by atoms with van der Waals surface area (Å²) >= 11 is 3.42. The van der Waals surface area contributed by atoms with Crippen LogP contribution in [0.2, 0.25) is 0 Å². The van der Waals surface area contributed by atoms with E-state index in [9.17, 15) is 13.2 Å². The summed E-state index contributed by atoms with van der Waals surface area (Å²) in [4.78, 5) is 14.4. The molecule has 144 valence electrons. The van der Waals surface area contributed by atoms with Crippen molar-refractivity contribution < 1.29 is 17.9 Å². The van der Waals surface area contributed by atoms with E-state index in [4.69, 9.17) is 4.74 Å². The molecule has 0 bridgehead atoms. The van der Waals surface area contributed by atoms with E-state index in [1.54, 1.807) is 26.3 Å². The molecule has 2 aromatic carbocycles. The van der Waals surface area contributed by atoms with E-state index in [1.165, 1.54) is 17.0 Å². The number of rotatable bonds is 7. The minimum absolute atomic E-state index is 0.0148. The quantitative estimate of drug-likeness (QED) is 0.699. The zero-order valence-electron chi connectivity index (χ0n) is 15.1. The molecular weight excluding hydrogens is 432 g/mol. The number of carbonyl (C=O) groups excluding carboxylic acids is 1. The van der Waals surface area contributed by atoms with Crippen LogP contribution in [0.15, 0.2) is 51.8 Å². The number of benzene rings is 2. The van der Waals surface area contributed by atoms with Crippen molar-refractivity contribution in [1.82, 2.24) is 9.62 Å². The van der Waals surface area contributed by atoms with Crippen LogP contribution in [-0.4, -0.2) is 39.4 Å². The van der Waals surface area contributed by atoms with Gasteiger partial charge in [0.05, 0.1) is 12.0 Å². The molecule has 0 atom stereocenters. The van der Waals surface area contributed by atoms with Gasteiger partial charge in [-0.1, -0.05) is 22.0 Å². The Kier molecular flexibility index (Phi) is 5.88. The van der Waals surface area contributed by atoms with Gasteiger partial charge in [0.25, 0.3) is 5.91 Å². The largest absolute Gasteiger partial charge is 0.496 e. The van der Waals surface area contributed by atoms with Gasteiger partial charge in [0.2, 0.25) is 10.0 Å². The molecule has 6 nitrogen and oxygen atoms in total. The van der Waals surface area contributed by atoms with Gasteiger partial charge in [-0.3, -0.25) is 4.79 Å². The maximum Gasteiger partial charge on any atom is 0.253 e. The fourth-order valence-electron chi connectivity index (χ4n) is 2.70. The van der Waals surface area contributed by atoms with E-state index in [-0.39, 0.29) is 16.8 Å². The van der Waals surface area contributed by atoms with Gasteiger partial charge >= 0.3 is 0 Å². The Labute approximate surface area is 167 Å². The zero-order chi connectivity index (χ0) is 19.6. The van der Waals surface area contributed by atoms with Gasteiger partial charge in [0.1, 0.15) is 5.75 Å². The molecule has 1 saturated carbocycles. The predicted molar refractivity (Wildman–Crippen MR) is 106 cm³/mol. The Hall–Kier alpha value is -1.90. The standard InChI is InChI=1S/C19H21BrN2O4S/c1-22(12-14-10-15(20)6-9-18(14)26-2)19(23)13-4-3-5-17(11-13)27(24,25)21-16-7-8-16/h3-6,9-11,16,21H,7-8,12H2,1-2H3. The molecule has 0 spiro atoms. The third-order valence-corrected chi connectivity index (χ3v) is 6.30. The first-order chi connectivity index (χ1) is 12.8. The maximum atomic E-state index is 12.8. The molecule has 0 aromatic heterocycles. The summed E-state index contributed by atoms with van der Waals surface area (Å²) in [6.45, 7) is 0.332. The molecule has 0 heterocycles. The number of hydrogen-bond donors (Lipinski definition) is 1. The molecule has 1 N–H and O–H groups in total. The molecule has 1 amide bonds. The van der Waals surface area contributed by atoms with Crippen LogP contribution in [0.5, 0.6) is 5.75 Å². The zero-order valence-corrected chi connectivity index (χ0v) is 17.5. The van der Waals surface area contributed by atoms with Crippen LogP contribution in [0.4, 0.5) is 0 Å². The summed E-state index contributed by atoms with van der Waals surface area (Å²) in [7, 11) is -0.349. The monoisotopic (exact) mass is 452 g/mol.